The van der Waals surface area contributed by atoms with Crippen molar-refractivity contribution in [1.82, 2.24) is 0 Å². The predicted octanol–water partition coefficient (Wildman–Crippen LogP) is 13.0. The number of aromatic hydroxyl groups is 2. The molecule has 272 valence electrons. The van der Waals surface area contributed by atoms with Crippen molar-refractivity contribution in [3.05, 3.63) is 57.6 Å². The number of phenols is 2. The van der Waals surface area contributed by atoms with E-state index in [1.165, 1.54) is 88.2 Å². The molecule has 0 unspecified atom stereocenters. The zero-order chi connectivity index (χ0) is 35.6. The Labute approximate surface area is 295 Å². The highest BCUT2D eigenvalue weighted by Crippen LogP contribution is 2.36. The van der Waals surface area contributed by atoms with Gasteiger partial charge in [-0.05, 0) is 96.6 Å². The monoisotopic (exact) mass is 685 g/mol. The summed E-state index contributed by atoms with van der Waals surface area (Å²) in [6.07, 6.45) is 21.1. The molecule has 0 radical (unpaired) electrons. The van der Waals surface area contributed by atoms with Gasteiger partial charge < -0.3 is 10.2 Å². The molecule has 0 saturated heterocycles. The highest BCUT2D eigenvalue weighted by atomic mass is 31.1. The van der Waals surface area contributed by atoms with Crippen LogP contribution in [0.4, 0.5) is 0 Å². The molecule has 0 aliphatic heterocycles. The molecule has 0 aromatic heterocycles. The van der Waals surface area contributed by atoms with Crippen LogP contribution in [0, 0.1) is 13.8 Å². The van der Waals surface area contributed by atoms with Crippen LogP contribution in [0.15, 0.2) is 24.3 Å². The Morgan fingerprint density at radius 1 is 0.500 bits per heavy atom. The van der Waals surface area contributed by atoms with E-state index >= 15 is 0 Å². The van der Waals surface area contributed by atoms with E-state index in [1.54, 1.807) is 0 Å². The van der Waals surface area contributed by atoms with Crippen molar-refractivity contribution in [2.75, 3.05) is 13.2 Å². The van der Waals surface area contributed by atoms with Gasteiger partial charge in [-0.15, -0.1) is 9.05 Å². The maximum Gasteiger partial charge on any atom is 0.697 e. The Morgan fingerprint density at radius 2 is 0.792 bits per heavy atom. The van der Waals surface area contributed by atoms with E-state index in [1.807, 2.05) is 13.8 Å². The molecule has 5 nitrogen and oxygen atoms in total. The quantitative estimate of drug-likeness (QED) is 0.0849. The molecule has 2 aromatic rings. The molecule has 6 heteroatoms. The summed E-state index contributed by atoms with van der Waals surface area (Å²) >= 11 is 0. The third-order valence-corrected chi connectivity index (χ3v) is 10.2. The van der Waals surface area contributed by atoms with Crippen LogP contribution in [0.1, 0.15) is 178 Å². The lowest BCUT2D eigenvalue weighted by Crippen LogP contribution is -2.12. The summed E-state index contributed by atoms with van der Waals surface area (Å²) in [4.78, 5) is 0. The van der Waals surface area contributed by atoms with Crippen molar-refractivity contribution >= 4 is 8.25 Å². The average molecular weight is 686 g/mol. The number of rotatable bonds is 24. The van der Waals surface area contributed by atoms with Gasteiger partial charge in [0.1, 0.15) is 24.7 Å². The fraction of sp³-hybridized carbons (Fsp3) is 0.714. The summed E-state index contributed by atoms with van der Waals surface area (Å²) in [5.74, 6) is 0.897. The molecule has 0 atom stereocenters. The summed E-state index contributed by atoms with van der Waals surface area (Å²) in [5.41, 5.74) is 6.64. The first kappa shape index (κ1) is 42.2. The van der Waals surface area contributed by atoms with Crippen molar-refractivity contribution < 1.29 is 23.8 Å². The number of aryl methyl sites for hydroxylation is 4. The summed E-state index contributed by atoms with van der Waals surface area (Å²) in [7, 11) is -1.99. The van der Waals surface area contributed by atoms with Crippen molar-refractivity contribution in [3.8, 4) is 11.5 Å². The minimum atomic E-state index is -1.99. The van der Waals surface area contributed by atoms with Crippen molar-refractivity contribution in [1.29, 1.82) is 0 Å². The van der Waals surface area contributed by atoms with Crippen LogP contribution in [0.25, 0.3) is 0 Å². The molecule has 48 heavy (non-hydrogen) atoms. The molecule has 0 fully saturated rings. The average Bonchev–Trinajstić information content (AvgIpc) is 3.00. The number of benzene rings is 2. The lowest BCUT2D eigenvalue weighted by atomic mass is 9.83. The molecule has 0 aliphatic carbocycles. The summed E-state index contributed by atoms with van der Waals surface area (Å²) in [6, 6.07) is 8.67. The molecule has 2 aromatic carbocycles. The van der Waals surface area contributed by atoms with Gasteiger partial charge in [0.15, 0.2) is 0 Å². The molecule has 0 heterocycles. The van der Waals surface area contributed by atoms with E-state index in [4.69, 9.17) is 9.05 Å². The maximum absolute atomic E-state index is 12.0. The van der Waals surface area contributed by atoms with Crippen LogP contribution < -0.4 is 0 Å². The lowest BCUT2D eigenvalue weighted by molar-refractivity contribution is 0.218. The van der Waals surface area contributed by atoms with E-state index in [2.05, 4.69) is 65.8 Å². The SMILES string of the molecule is Cc1cc(CCCCCCCCCCO[P+](=O)OCCCCCCCCCCc2cc(C)c(O)c(C(C)(C)C)c2)cc(C(C)(C)C)c1O. The van der Waals surface area contributed by atoms with Gasteiger partial charge in [0.05, 0.1) is 0 Å². The molecule has 0 spiro atoms. The van der Waals surface area contributed by atoms with Gasteiger partial charge in [0.25, 0.3) is 0 Å². The van der Waals surface area contributed by atoms with E-state index in [0.29, 0.717) is 24.7 Å². The summed E-state index contributed by atoms with van der Waals surface area (Å²) in [5, 5.41) is 20.9. The largest absolute Gasteiger partial charge is 0.697 e. The fourth-order valence-corrected chi connectivity index (χ4v) is 7.07. The van der Waals surface area contributed by atoms with Crippen LogP contribution in [0.3, 0.4) is 0 Å². The third-order valence-electron chi connectivity index (χ3n) is 9.45. The van der Waals surface area contributed by atoms with Crippen molar-refractivity contribution in [3.63, 3.8) is 0 Å². The van der Waals surface area contributed by atoms with E-state index in [9.17, 15) is 14.8 Å². The van der Waals surface area contributed by atoms with E-state index in [-0.39, 0.29) is 10.8 Å². The normalized spacial score (nSPS) is 12.2. The van der Waals surface area contributed by atoms with Gasteiger partial charge in [-0.25, -0.2) is 0 Å². The molecule has 2 rings (SSSR count). The van der Waals surface area contributed by atoms with Gasteiger partial charge in [-0.2, -0.15) is 0 Å². The first-order chi connectivity index (χ1) is 22.7. The Hall–Kier alpha value is -1.94. The number of phenolic OH excluding ortho intramolecular Hbond substituents is 2. The van der Waals surface area contributed by atoms with Crippen LogP contribution in [0.5, 0.6) is 11.5 Å². The number of unbranched alkanes of at least 4 members (excludes halogenated alkanes) is 14. The lowest BCUT2D eigenvalue weighted by Gasteiger charge is -2.22. The zero-order valence-corrected chi connectivity index (χ0v) is 32.9. The second-order valence-electron chi connectivity index (χ2n) is 16.2. The maximum atomic E-state index is 12.0. The number of hydrogen-bond donors (Lipinski definition) is 2. The van der Waals surface area contributed by atoms with E-state index in [0.717, 1.165) is 60.8 Å². The van der Waals surface area contributed by atoms with Crippen molar-refractivity contribution in [2.45, 2.75) is 182 Å². The first-order valence-corrected chi connectivity index (χ1v) is 20.2. The van der Waals surface area contributed by atoms with Crippen LogP contribution in [-0.4, -0.2) is 23.4 Å². The highest BCUT2D eigenvalue weighted by Gasteiger charge is 2.21. The summed E-state index contributed by atoms with van der Waals surface area (Å²) in [6.45, 7) is 18.0. The van der Waals surface area contributed by atoms with Crippen LogP contribution in [0.2, 0.25) is 0 Å². The van der Waals surface area contributed by atoms with Crippen LogP contribution >= 0.6 is 8.25 Å². The molecular weight excluding hydrogens is 615 g/mol. The summed E-state index contributed by atoms with van der Waals surface area (Å²) < 4.78 is 22.8. The smallest absolute Gasteiger partial charge is 0.507 e. The Bertz CT molecular complexity index is 1130. The van der Waals surface area contributed by atoms with Gasteiger partial charge in [-0.3, -0.25) is 0 Å². The molecular formula is C42H70O5P+. The zero-order valence-electron chi connectivity index (χ0n) is 32.0. The molecule has 0 amide bonds. The standard InChI is InChI=1S/C42H69O5P/c1-33-29-35(31-37(39(33)43)41(3,4)5)25-21-17-13-9-11-15-19-23-27-46-48(45)47-28-24-20-16-12-10-14-18-22-26-36-30-34(2)40(44)38(32-36)42(6,7)8/h29-32H,9-28H2,1-8H3,(H-,43,44)/p+1. The molecule has 2 N–H and O–H groups in total. The van der Waals surface area contributed by atoms with Gasteiger partial charge in [0, 0.05) is 4.57 Å². The third kappa shape index (κ3) is 16.6. The predicted molar refractivity (Wildman–Crippen MR) is 204 cm³/mol. The number of hydrogen-bond acceptors (Lipinski definition) is 5. The van der Waals surface area contributed by atoms with Gasteiger partial charge >= 0.3 is 8.25 Å². The topological polar surface area (TPSA) is 76.0 Å². The van der Waals surface area contributed by atoms with E-state index < -0.39 is 8.25 Å². The van der Waals surface area contributed by atoms with Crippen molar-refractivity contribution in [2.24, 2.45) is 0 Å². The molecule has 0 bridgehead atoms. The van der Waals surface area contributed by atoms with Gasteiger partial charge in [-0.1, -0.05) is 143 Å². The Kier molecular flexibility index (Phi) is 19.4. The Balaban J connectivity index is 1.36. The second-order valence-corrected chi connectivity index (χ2v) is 17.1. The van der Waals surface area contributed by atoms with Crippen LogP contribution in [-0.2, 0) is 37.3 Å². The first-order valence-electron chi connectivity index (χ1n) is 19.1. The molecule has 0 saturated carbocycles. The highest BCUT2D eigenvalue weighted by molar-refractivity contribution is 7.33. The minimum Gasteiger partial charge on any atom is -0.507 e. The minimum absolute atomic E-state index is 0.0468. The molecule has 0 aliphatic rings. The van der Waals surface area contributed by atoms with Gasteiger partial charge in [0.2, 0.25) is 0 Å². The second kappa shape index (κ2) is 22.0. The fourth-order valence-electron chi connectivity index (χ4n) is 6.44. The Morgan fingerprint density at radius 3 is 1.10 bits per heavy atom.